The van der Waals surface area contributed by atoms with Crippen molar-refractivity contribution in [3.05, 3.63) is 35.0 Å². The number of amides is 2. The first-order valence-electron chi connectivity index (χ1n) is 11.4. The topological polar surface area (TPSA) is 107 Å². The molecule has 8 nitrogen and oxygen atoms in total. The van der Waals surface area contributed by atoms with Crippen molar-refractivity contribution in [3.8, 4) is 0 Å². The van der Waals surface area contributed by atoms with E-state index < -0.39 is 0 Å². The summed E-state index contributed by atoms with van der Waals surface area (Å²) >= 11 is 0. The molecule has 1 aromatic carbocycles. The minimum atomic E-state index is -0.273. The van der Waals surface area contributed by atoms with Gasteiger partial charge in [0, 0.05) is 48.1 Å². The number of nitrogens with one attached hydrogen (secondary N) is 2. The van der Waals surface area contributed by atoms with E-state index in [1.54, 1.807) is 11.0 Å². The van der Waals surface area contributed by atoms with Gasteiger partial charge in [-0.3, -0.25) is 19.4 Å². The molecule has 1 spiro atoms. The first-order valence-corrected chi connectivity index (χ1v) is 11.4. The Morgan fingerprint density at radius 2 is 2.03 bits per heavy atom. The lowest BCUT2D eigenvalue weighted by Gasteiger charge is -2.35. The van der Waals surface area contributed by atoms with Crippen LogP contribution in [-0.2, 0) is 10.2 Å². The summed E-state index contributed by atoms with van der Waals surface area (Å²) in [4.78, 5) is 51.1. The van der Waals surface area contributed by atoms with Crippen molar-refractivity contribution in [2.75, 3.05) is 20.1 Å². The maximum Gasteiger partial charge on any atom is 0.291 e. The highest BCUT2D eigenvalue weighted by Gasteiger charge is 2.57. The summed E-state index contributed by atoms with van der Waals surface area (Å²) in [7, 11) is 1.51. The molecular formula is C25H29N5O3. The zero-order valence-electron chi connectivity index (χ0n) is 19.3. The summed E-state index contributed by atoms with van der Waals surface area (Å²) in [6.45, 7) is 8.70. The number of aromatic nitrogens is 1. The number of aromatic amines is 1. The van der Waals surface area contributed by atoms with Crippen molar-refractivity contribution in [2.45, 2.75) is 51.0 Å². The summed E-state index contributed by atoms with van der Waals surface area (Å²) < 4.78 is 0. The third kappa shape index (κ3) is 3.39. The Labute approximate surface area is 192 Å². The van der Waals surface area contributed by atoms with Crippen LogP contribution in [0, 0.1) is 5.41 Å². The third-order valence-electron chi connectivity index (χ3n) is 7.44. The van der Waals surface area contributed by atoms with Crippen LogP contribution in [0.5, 0.6) is 0 Å². The van der Waals surface area contributed by atoms with E-state index in [9.17, 15) is 14.4 Å². The van der Waals surface area contributed by atoms with Crippen LogP contribution in [0.25, 0.3) is 10.9 Å². The molecule has 1 unspecified atom stereocenters. The fourth-order valence-electron chi connectivity index (χ4n) is 5.75. The van der Waals surface area contributed by atoms with E-state index in [1.165, 1.54) is 7.05 Å². The van der Waals surface area contributed by atoms with Gasteiger partial charge in [0.1, 0.15) is 0 Å². The van der Waals surface area contributed by atoms with E-state index in [4.69, 9.17) is 0 Å². The van der Waals surface area contributed by atoms with Crippen molar-refractivity contribution in [1.82, 2.24) is 15.2 Å². The molecular weight excluding hydrogens is 418 g/mol. The number of rotatable bonds is 2. The van der Waals surface area contributed by atoms with Crippen molar-refractivity contribution < 1.29 is 14.4 Å². The molecule has 1 aliphatic heterocycles. The Morgan fingerprint density at radius 1 is 1.27 bits per heavy atom. The number of likely N-dealkylation sites (tertiary alicyclic amines) is 1. The van der Waals surface area contributed by atoms with Gasteiger partial charge in [-0.1, -0.05) is 13.8 Å². The van der Waals surface area contributed by atoms with Gasteiger partial charge in [0.25, 0.3) is 11.8 Å². The summed E-state index contributed by atoms with van der Waals surface area (Å²) in [6, 6.07) is 5.41. The molecule has 1 aromatic heterocycles. The number of hydrogen-bond donors (Lipinski definition) is 2. The van der Waals surface area contributed by atoms with Crippen molar-refractivity contribution in [3.63, 3.8) is 0 Å². The maximum atomic E-state index is 13.1. The molecule has 8 heteroatoms. The number of carbonyl (C=O) groups is 3. The molecule has 1 saturated heterocycles. The van der Waals surface area contributed by atoms with Crippen LogP contribution in [-0.4, -0.2) is 66.2 Å². The third-order valence-corrected chi connectivity index (χ3v) is 7.44. The van der Waals surface area contributed by atoms with Gasteiger partial charge in [0.05, 0.1) is 5.69 Å². The van der Waals surface area contributed by atoms with Gasteiger partial charge in [-0.05, 0) is 61.6 Å². The van der Waals surface area contributed by atoms with Crippen LogP contribution >= 0.6 is 0 Å². The average Bonchev–Trinajstić information content (AvgIpc) is 3.21. The zero-order valence-corrected chi connectivity index (χ0v) is 19.3. The monoisotopic (exact) mass is 447 g/mol. The van der Waals surface area contributed by atoms with Gasteiger partial charge >= 0.3 is 0 Å². The van der Waals surface area contributed by atoms with Crippen molar-refractivity contribution in [1.29, 1.82) is 0 Å². The number of ketones is 1. The molecule has 0 radical (unpaired) electrons. The second kappa shape index (κ2) is 7.37. The molecule has 5 rings (SSSR count). The van der Waals surface area contributed by atoms with E-state index in [0.717, 1.165) is 35.7 Å². The van der Waals surface area contributed by atoms with E-state index in [1.807, 2.05) is 12.1 Å². The summed E-state index contributed by atoms with van der Waals surface area (Å²) in [6.07, 6.45) is 3.45. The molecule has 172 valence electrons. The predicted octanol–water partition coefficient (Wildman–Crippen LogP) is 2.87. The van der Waals surface area contributed by atoms with Crippen LogP contribution in [0.15, 0.2) is 28.2 Å². The van der Waals surface area contributed by atoms with Gasteiger partial charge in [-0.2, -0.15) is 0 Å². The number of aliphatic imine (C=N–C) groups is 2. The zero-order chi connectivity index (χ0) is 23.5. The van der Waals surface area contributed by atoms with Crippen LogP contribution in [0.1, 0.15) is 65.9 Å². The Hall–Kier alpha value is -3.29. The van der Waals surface area contributed by atoms with Crippen LogP contribution in [0.3, 0.4) is 0 Å². The Bertz CT molecular complexity index is 1230. The molecule has 2 aromatic rings. The molecule has 1 atom stereocenters. The normalized spacial score (nSPS) is 23.0. The lowest BCUT2D eigenvalue weighted by molar-refractivity contribution is -0.123. The number of amidine groups is 1. The van der Waals surface area contributed by atoms with Crippen molar-refractivity contribution in [2.24, 2.45) is 15.4 Å². The van der Waals surface area contributed by atoms with E-state index >= 15 is 0 Å². The molecule has 3 aliphatic rings. The second-order valence-electron chi connectivity index (χ2n) is 10.2. The van der Waals surface area contributed by atoms with Crippen LogP contribution in [0.2, 0.25) is 0 Å². The smallest absolute Gasteiger partial charge is 0.291 e. The van der Waals surface area contributed by atoms with Crippen molar-refractivity contribution >= 4 is 41.1 Å². The molecule has 0 bridgehead atoms. The number of benzene rings is 1. The minimum Gasteiger partial charge on any atom is -0.352 e. The number of H-pyrrole nitrogens is 1. The lowest BCUT2D eigenvalue weighted by Crippen LogP contribution is -2.40. The molecule has 2 amide bonds. The fraction of sp³-hybridized carbons (Fsp3) is 0.480. The number of hydrogen-bond acceptors (Lipinski definition) is 4. The molecule has 1 saturated carbocycles. The Kier molecular flexibility index (Phi) is 4.81. The maximum absolute atomic E-state index is 13.1. The Morgan fingerprint density at radius 3 is 2.70 bits per heavy atom. The molecule has 2 heterocycles. The standard InChI is InChI=1S/C25H29N5O3/c1-24(2)13-25(8-9-25)20(31)19-18(24)16-11-14(5-6-17(16)29-19)22(32)28-15-7-10-30(12-15)23(33)21(26-3)27-4/h5-6,11,15,29H,3,7-10,12-13H2,1-2,4H3,(H,28,32). The highest BCUT2D eigenvalue weighted by Crippen LogP contribution is 2.60. The average molecular weight is 448 g/mol. The number of carbonyl (C=O) groups excluding carboxylic acids is 3. The molecule has 2 fully saturated rings. The van der Waals surface area contributed by atoms with E-state index in [0.29, 0.717) is 30.8 Å². The van der Waals surface area contributed by atoms with E-state index in [-0.39, 0.29) is 40.3 Å². The van der Waals surface area contributed by atoms with Gasteiger partial charge in [0.15, 0.2) is 5.78 Å². The Balaban J connectivity index is 1.37. The second-order valence-corrected chi connectivity index (χ2v) is 10.2. The largest absolute Gasteiger partial charge is 0.352 e. The molecule has 33 heavy (non-hydrogen) atoms. The summed E-state index contributed by atoms with van der Waals surface area (Å²) in [5.41, 5.74) is 2.84. The first-order chi connectivity index (χ1) is 15.7. The SMILES string of the molecule is C=NC(=NC)C(=O)N1CCC(NC(=O)c2ccc3[nH]c4c(c3c2)C(C)(C)CC2(CC2)C4=O)C1. The predicted molar refractivity (Wildman–Crippen MR) is 127 cm³/mol. The highest BCUT2D eigenvalue weighted by atomic mass is 16.2. The quantitative estimate of drug-likeness (QED) is 0.546. The van der Waals surface area contributed by atoms with E-state index in [2.05, 4.69) is 40.9 Å². The lowest BCUT2D eigenvalue weighted by atomic mass is 9.67. The highest BCUT2D eigenvalue weighted by molar-refractivity contribution is 6.38. The fourth-order valence-corrected chi connectivity index (χ4v) is 5.75. The number of nitrogens with zero attached hydrogens (tertiary/aromatic N) is 3. The van der Waals surface area contributed by atoms with Gasteiger partial charge < -0.3 is 15.2 Å². The minimum absolute atomic E-state index is 0.0785. The molecule has 2 N–H and O–H groups in total. The summed E-state index contributed by atoms with van der Waals surface area (Å²) in [5.74, 6) is -0.158. The first kappa shape index (κ1) is 21.6. The molecule has 2 aliphatic carbocycles. The summed E-state index contributed by atoms with van der Waals surface area (Å²) in [5, 5.41) is 3.99. The number of fused-ring (bicyclic) bond motifs is 3. The van der Waals surface area contributed by atoms with Gasteiger partial charge in [-0.25, -0.2) is 4.99 Å². The number of Topliss-reactive ketones (excluding diaryl/α,β-unsaturated/α-hetero) is 1. The van der Waals surface area contributed by atoms with Crippen LogP contribution < -0.4 is 5.32 Å². The van der Waals surface area contributed by atoms with Crippen LogP contribution in [0.4, 0.5) is 0 Å². The van der Waals surface area contributed by atoms with Gasteiger partial charge in [0.2, 0.25) is 5.84 Å². The van der Waals surface area contributed by atoms with Gasteiger partial charge in [-0.15, -0.1) is 0 Å².